The number of nitrogens with zero attached hydrogens (tertiary/aromatic N) is 2. The molecule has 0 unspecified atom stereocenters. The van der Waals surface area contributed by atoms with Gasteiger partial charge in [0.25, 0.3) is 0 Å². The number of aryl methyl sites for hydroxylation is 1. The Hall–Kier alpha value is -2.88. The lowest BCUT2D eigenvalue weighted by atomic mass is 10.0. The average Bonchev–Trinajstić information content (AvgIpc) is 2.81. The number of carbonyl (C=O) groups is 1. The van der Waals surface area contributed by atoms with E-state index in [1.165, 1.54) is 0 Å². The first kappa shape index (κ1) is 12.8. The molecule has 2 aromatic carbocycles. The lowest BCUT2D eigenvalue weighted by molar-refractivity contribution is 0.103. The second-order valence-corrected chi connectivity index (χ2v) is 5.27. The van der Waals surface area contributed by atoms with E-state index in [1.807, 2.05) is 55.5 Å². The minimum absolute atomic E-state index is 0.0252. The number of hydrogen-bond donors (Lipinski definition) is 0. The highest BCUT2D eigenvalue weighted by Crippen LogP contribution is 2.30. The van der Waals surface area contributed by atoms with Crippen LogP contribution in [0.25, 0.3) is 5.69 Å². The van der Waals surface area contributed by atoms with Crippen molar-refractivity contribution >= 4 is 5.78 Å². The van der Waals surface area contributed by atoms with Crippen molar-refractivity contribution in [3.8, 4) is 11.4 Å². The minimum atomic E-state index is -0.0252. The number of rotatable bonds is 1. The number of para-hydroxylation sites is 2. The molecule has 0 bridgehead atoms. The van der Waals surface area contributed by atoms with Crippen LogP contribution in [0.3, 0.4) is 0 Å². The Morgan fingerprint density at radius 1 is 1.05 bits per heavy atom. The molecular formula is C18H14N2O2. The van der Waals surface area contributed by atoms with E-state index in [0.717, 1.165) is 17.1 Å². The van der Waals surface area contributed by atoms with Crippen LogP contribution in [0.1, 0.15) is 27.3 Å². The van der Waals surface area contributed by atoms with Crippen molar-refractivity contribution in [1.29, 1.82) is 0 Å². The van der Waals surface area contributed by atoms with Gasteiger partial charge in [-0.25, -0.2) is 4.68 Å². The summed E-state index contributed by atoms with van der Waals surface area (Å²) in [5.41, 5.74) is 3.69. The third kappa shape index (κ3) is 1.84. The molecule has 2 heterocycles. The Bertz CT molecular complexity index is 866. The first-order valence-corrected chi connectivity index (χ1v) is 7.16. The van der Waals surface area contributed by atoms with Gasteiger partial charge in [0.1, 0.15) is 12.4 Å². The van der Waals surface area contributed by atoms with Gasteiger partial charge in [-0.3, -0.25) is 4.79 Å². The topological polar surface area (TPSA) is 44.1 Å². The largest absolute Gasteiger partial charge is 0.486 e. The van der Waals surface area contributed by atoms with Crippen molar-refractivity contribution in [2.24, 2.45) is 0 Å². The number of benzene rings is 2. The van der Waals surface area contributed by atoms with Crippen LogP contribution in [0.2, 0.25) is 0 Å². The molecule has 3 aromatic rings. The zero-order valence-corrected chi connectivity index (χ0v) is 12.1. The van der Waals surface area contributed by atoms with Crippen LogP contribution in [0.4, 0.5) is 0 Å². The van der Waals surface area contributed by atoms with E-state index in [2.05, 4.69) is 5.10 Å². The highest BCUT2D eigenvalue weighted by atomic mass is 16.5. The van der Waals surface area contributed by atoms with Crippen LogP contribution in [-0.2, 0) is 6.61 Å². The van der Waals surface area contributed by atoms with Gasteiger partial charge in [-0.15, -0.1) is 0 Å². The third-order valence-corrected chi connectivity index (χ3v) is 3.88. The van der Waals surface area contributed by atoms with Gasteiger partial charge >= 0.3 is 0 Å². The SMILES string of the molecule is Cc1nn(-c2ccccc2)c2c1C(=O)c1ccccc1OC2. The van der Waals surface area contributed by atoms with Crippen LogP contribution >= 0.6 is 0 Å². The van der Waals surface area contributed by atoms with Crippen LogP contribution in [0, 0.1) is 6.92 Å². The molecule has 0 radical (unpaired) electrons. The number of ketones is 1. The van der Waals surface area contributed by atoms with E-state index >= 15 is 0 Å². The fraction of sp³-hybridized carbons (Fsp3) is 0.111. The number of fused-ring (bicyclic) bond motifs is 2. The summed E-state index contributed by atoms with van der Waals surface area (Å²) in [7, 11) is 0. The summed E-state index contributed by atoms with van der Waals surface area (Å²) in [5, 5.41) is 4.54. The van der Waals surface area contributed by atoms with E-state index < -0.39 is 0 Å². The Morgan fingerprint density at radius 2 is 1.77 bits per heavy atom. The molecule has 0 spiro atoms. The second-order valence-electron chi connectivity index (χ2n) is 5.27. The van der Waals surface area contributed by atoms with Gasteiger partial charge in [-0.2, -0.15) is 5.10 Å². The van der Waals surface area contributed by atoms with E-state index in [-0.39, 0.29) is 5.78 Å². The molecule has 1 aliphatic heterocycles. The second kappa shape index (κ2) is 4.84. The molecule has 4 rings (SSSR count). The fourth-order valence-corrected chi connectivity index (χ4v) is 2.85. The number of ether oxygens (including phenoxy) is 1. The number of hydrogen-bond acceptors (Lipinski definition) is 3. The first-order valence-electron chi connectivity index (χ1n) is 7.16. The van der Waals surface area contributed by atoms with Gasteiger partial charge in [0.2, 0.25) is 5.78 Å². The molecule has 0 atom stereocenters. The Balaban J connectivity index is 1.93. The van der Waals surface area contributed by atoms with Crippen LogP contribution < -0.4 is 4.74 Å². The molecule has 0 saturated heterocycles. The molecular weight excluding hydrogens is 276 g/mol. The fourth-order valence-electron chi connectivity index (χ4n) is 2.85. The maximum atomic E-state index is 12.9. The number of carbonyl (C=O) groups excluding carboxylic acids is 1. The third-order valence-electron chi connectivity index (χ3n) is 3.88. The summed E-state index contributed by atoms with van der Waals surface area (Å²) >= 11 is 0. The molecule has 108 valence electrons. The van der Waals surface area contributed by atoms with Crippen LogP contribution in [0.5, 0.6) is 5.75 Å². The first-order chi connectivity index (χ1) is 10.8. The Labute approximate surface area is 128 Å². The average molecular weight is 290 g/mol. The maximum Gasteiger partial charge on any atom is 0.200 e. The smallest absolute Gasteiger partial charge is 0.200 e. The predicted molar refractivity (Wildman–Crippen MR) is 82.5 cm³/mol. The number of aromatic nitrogens is 2. The molecule has 1 aliphatic rings. The van der Waals surface area contributed by atoms with Crippen molar-refractivity contribution in [3.63, 3.8) is 0 Å². The van der Waals surface area contributed by atoms with Gasteiger partial charge in [0.15, 0.2) is 0 Å². The summed E-state index contributed by atoms with van der Waals surface area (Å²) in [5.74, 6) is 0.602. The zero-order chi connectivity index (χ0) is 15.1. The van der Waals surface area contributed by atoms with Gasteiger partial charge in [-0.05, 0) is 31.2 Å². The van der Waals surface area contributed by atoms with Crippen molar-refractivity contribution in [2.45, 2.75) is 13.5 Å². The lowest BCUT2D eigenvalue weighted by Crippen LogP contribution is -2.06. The summed E-state index contributed by atoms with van der Waals surface area (Å²) in [6, 6.07) is 17.1. The molecule has 4 heteroatoms. The molecule has 4 nitrogen and oxygen atoms in total. The van der Waals surface area contributed by atoms with Gasteiger partial charge in [-0.1, -0.05) is 30.3 Å². The zero-order valence-electron chi connectivity index (χ0n) is 12.1. The van der Waals surface area contributed by atoms with Crippen molar-refractivity contribution in [2.75, 3.05) is 0 Å². The molecule has 0 amide bonds. The van der Waals surface area contributed by atoms with Gasteiger partial charge in [0.05, 0.1) is 28.2 Å². The summed E-state index contributed by atoms with van der Waals surface area (Å²) in [6.45, 7) is 2.19. The van der Waals surface area contributed by atoms with Crippen LogP contribution in [0.15, 0.2) is 54.6 Å². The predicted octanol–water partition coefficient (Wildman–Crippen LogP) is 3.30. The lowest BCUT2D eigenvalue weighted by Gasteiger charge is -2.08. The van der Waals surface area contributed by atoms with E-state index in [0.29, 0.717) is 23.5 Å². The molecule has 0 N–H and O–H groups in total. The minimum Gasteiger partial charge on any atom is -0.486 e. The van der Waals surface area contributed by atoms with Gasteiger partial charge in [0, 0.05) is 0 Å². The van der Waals surface area contributed by atoms with Crippen molar-refractivity contribution < 1.29 is 9.53 Å². The maximum absolute atomic E-state index is 12.9. The molecule has 0 aliphatic carbocycles. The Morgan fingerprint density at radius 3 is 2.59 bits per heavy atom. The summed E-state index contributed by atoms with van der Waals surface area (Å²) in [4.78, 5) is 12.9. The molecule has 0 fully saturated rings. The van der Waals surface area contributed by atoms with E-state index in [1.54, 1.807) is 10.7 Å². The summed E-state index contributed by atoms with van der Waals surface area (Å²) < 4.78 is 7.64. The molecule has 0 saturated carbocycles. The summed E-state index contributed by atoms with van der Waals surface area (Å²) in [6.07, 6.45) is 0. The highest BCUT2D eigenvalue weighted by molar-refractivity contribution is 6.12. The van der Waals surface area contributed by atoms with Crippen molar-refractivity contribution in [3.05, 3.63) is 77.1 Å². The normalized spacial score (nSPS) is 13.0. The highest BCUT2D eigenvalue weighted by Gasteiger charge is 2.28. The quantitative estimate of drug-likeness (QED) is 0.690. The Kier molecular flexibility index (Phi) is 2.82. The monoisotopic (exact) mass is 290 g/mol. The van der Waals surface area contributed by atoms with Crippen molar-refractivity contribution in [1.82, 2.24) is 9.78 Å². The molecule has 1 aromatic heterocycles. The van der Waals surface area contributed by atoms with E-state index in [4.69, 9.17) is 4.74 Å². The molecule has 22 heavy (non-hydrogen) atoms. The van der Waals surface area contributed by atoms with E-state index in [9.17, 15) is 4.79 Å². The van der Waals surface area contributed by atoms with Crippen LogP contribution in [-0.4, -0.2) is 15.6 Å². The van der Waals surface area contributed by atoms with Gasteiger partial charge < -0.3 is 4.74 Å². The standard InChI is InChI=1S/C18H14N2O2/c1-12-17-15(20(19-12)13-7-3-2-4-8-13)11-22-16-10-6-5-9-14(16)18(17)21/h2-10H,11H2,1H3.